The van der Waals surface area contributed by atoms with E-state index in [1.165, 1.54) is 6.07 Å². The zero-order valence-corrected chi connectivity index (χ0v) is 9.91. The van der Waals surface area contributed by atoms with Crippen molar-refractivity contribution in [3.05, 3.63) is 29.6 Å². The van der Waals surface area contributed by atoms with Gasteiger partial charge in [0.05, 0.1) is 5.69 Å². The first kappa shape index (κ1) is 11.9. The van der Waals surface area contributed by atoms with Crippen molar-refractivity contribution in [2.45, 2.75) is 19.4 Å². The van der Waals surface area contributed by atoms with Gasteiger partial charge >= 0.3 is 0 Å². The number of benzene rings is 1. The molecule has 1 N–H and O–H groups in total. The van der Waals surface area contributed by atoms with E-state index in [9.17, 15) is 4.39 Å². The van der Waals surface area contributed by atoms with Gasteiger partial charge < -0.3 is 10.2 Å². The Morgan fingerprint density at radius 3 is 3.00 bits per heavy atom. The molecule has 0 saturated carbocycles. The van der Waals surface area contributed by atoms with Gasteiger partial charge in [-0.15, -0.1) is 0 Å². The number of nitrogens with one attached hydrogen (secondary N) is 1. The SMILES string of the molecule is CCN(c1cccc(F)c1C#N)C1CCNC1. The maximum absolute atomic E-state index is 13.6. The summed E-state index contributed by atoms with van der Waals surface area (Å²) in [5.74, 6) is -0.436. The lowest BCUT2D eigenvalue weighted by molar-refractivity contribution is 0.613. The van der Waals surface area contributed by atoms with E-state index in [1.54, 1.807) is 6.07 Å². The number of anilines is 1. The zero-order chi connectivity index (χ0) is 12.3. The van der Waals surface area contributed by atoms with Gasteiger partial charge in [0.1, 0.15) is 17.4 Å². The summed E-state index contributed by atoms with van der Waals surface area (Å²) in [7, 11) is 0. The molecule has 1 heterocycles. The molecule has 1 aliphatic heterocycles. The molecule has 0 bridgehead atoms. The molecule has 1 aliphatic rings. The lowest BCUT2D eigenvalue weighted by atomic mass is 10.1. The van der Waals surface area contributed by atoms with E-state index < -0.39 is 5.82 Å². The maximum atomic E-state index is 13.6. The highest BCUT2D eigenvalue weighted by molar-refractivity contribution is 5.60. The van der Waals surface area contributed by atoms with Gasteiger partial charge in [0, 0.05) is 19.1 Å². The molecule has 2 rings (SSSR count). The predicted octanol–water partition coefficient (Wildman–Crippen LogP) is 1.89. The van der Waals surface area contributed by atoms with Crippen molar-refractivity contribution in [3.8, 4) is 6.07 Å². The molecule has 0 radical (unpaired) electrons. The van der Waals surface area contributed by atoms with Gasteiger partial charge in [0.15, 0.2) is 0 Å². The topological polar surface area (TPSA) is 39.1 Å². The lowest BCUT2D eigenvalue weighted by Gasteiger charge is -2.30. The number of nitriles is 1. The predicted molar refractivity (Wildman–Crippen MR) is 65.4 cm³/mol. The number of likely N-dealkylation sites (N-methyl/N-ethyl adjacent to an activating group) is 1. The van der Waals surface area contributed by atoms with Crippen LogP contribution in [-0.2, 0) is 0 Å². The van der Waals surface area contributed by atoms with E-state index in [1.807, 2.05) is 19.1 Å². The summed E-state index contributed by atoms with van der Waals surface area (Å²) in [4.78, 5) is 2.11. The van der Waals surface area contributed by atoms with E-state index in [4.69, 9.17) is 5.26 Å². The van der Waals surface area contributed by atoms with Gasteiger partial charge in [-0.1, -0.05) is 6.07 Å². The van der Waals surface area contributed by atoms with E-state index >= 15 is 0 Å². The van der Waals surface area contributed by atoms with Crippen LogP contribution in [0, 0.1) is 17.1 Å². The summed E-state index contributed by atoms with van der Waals surface area (Å²) >= 11 is 0. The molecular weight excluding hydrogens is 217 g/mol. The number of hydrogen-bond acceptors (Lipinski definition) is 3. The second-order valence-electron chi connectivity index (χ2n) is 4.18. The largest absolute Gasteiger partial charge is 0.366 e. The van der Waals surface area contributed by atoms with E-state index in [0.717, 1.165) is 26.1 Å². The van der Waals surface area contributed by atoms with Crippen LogP contribution in [0.4, 0.5) is 10.1 Å². The normalized spacial score (nSPS) is 19.0. The molecule has 1 fully saturated rings. The minimum Gasteiger partial charge on any atom is -0.366 e. The lowest BCUT2D eigenvalue weighted by Crippen LogP contribution is -2.37. The summed E-state index contributed by atoms with van der Waals surface area (Å²) in [5, 5.41) is 12.3. The Labute approximate surface area is 101 Å². The third-order valence-corrected chi connectivity index (χ3v) is 3.23. The standard InChI is InChI=1S/C13H16FN3/c1-2-17(10-6-7-16-9-10)13-5-3-4-12(14)11(13)8-15/h3-5,10,16H,2,6-7,9H2,1H3. The van der Waals surface area contributed by atoms with E-state index in [-0.39, 0.29) is 5.56 Å². The van der Waals surface area contributed by atoms with Crippen LogP contribution in [0.25, 0.3) is 0 Å². The van der Waals surface area contributed by atoms with Crippen molar-refractivity contribution in [1.82, 2.24) is 5.32 Å². The molecule has 1 aromatic rings. The fraction of sp³-hybridized carbons (Fsp3) is 0.462. The average molecular weight is 233 g/mol. The number of rotatable bonds is 3. The van der Waals surface area contributed by atoms with Crippen LogP contribution in [0.3, 0.4) is 0 Å². The van der Waals surface area contributed by atoms with Gasteiger partial charge in [-0.2, -0.15) is 5.26 Å². The first-order chi connectivity index (χ1) is 8.27. The van der Waals surface area contributed by atoms with Crippen LogP contribution in [0.5, 0.6) is 0 Å². The molecule has 4 heteroatoms. The van der Waals surface area contributed by atoms with Crippen LogP contribution in [0.1, 0.15) is 18.9 Å². The molecule has 0 aromatic heterocycles. The fourth-order valence-electron chi connectivity index (χ4n) is 2.39. The van der Waals surface area contributed by atoms with Gasteiger partial charge in [0.2, 0.25) is 0 Å². The Hall–Kier alpha value is -1.60. The highest BCUT2D eigenvalue weighted by Crippen LogP contribution is 2.25. The van der Waals surface area contributed by atoms with Gasteiger partial charge in [-0.05, 0) is 32.0 Å². The van der Waals surface area contributed by atoms with Gasteiger partial charge in [0.25, 0.3) is 0 Å². The summed E-state index contributed by atoms with van der Waals surface area (Å²) in [6, 6.07) is 7.14. The molecule has 17 heavy (non-hydrogen) atoms. The first-order valence-corrected chi connectivity index (χ1v) is 5.94. The monoisotopic (exact) mass is 233 g/mol. The van der Waals surface area contributed by atoms with Crippen LogP contribution < -0.4 is 10.2 Å². The Kier molecular flexibility index (Phi) is 3.60. The molecule has 0 amide bonds. The minimum absolute atomic E-state index is 0.154. The van der Waals surface area contributed by atoms with E-state index in [2.05, 4.69) is 10.2 Å². The van der Waals surface area contributed by atoms with Crippen LogP contribution in [0.15, 0.2) is 18.2 Å². The van der Waals surface area contributed by atoms with Crippen LogP contribution in [-0.4, -0.2) is 25.7 Å². The van der Waals surface area contributed by atoms with Crippen molar-refractivity contribution in [2.75, 3.05) is 24.5 Å². The van der Waals surface area contributed by atoms with Crippen molar-refractivity contribution < 1.29 is 4.39 Å². The third kappa shape index (κ3) is 2.25. The smallest absolute Gasteiger partial charge is 0.143 e. The molecular formula is C13H16FN3. The Morgan fingerprint density at radius 2 is 2.41 bits per heavy atom. The molecule has 1 atom stereocenters. The molecule has 90 valence electrons. The average Bonchev–Trinajstić information content (AvgIpc) is 2.84. The minimum atomic E-state index is -0.436. The molecule has 0 spiro atoms. The quantitative estimate of drug-likeness (QED) is 0.866. The Bertz CT molecular complexity index is 433. The van der Waals surface area contributed by atoms with Crippen molar-refractivity contribution in [3.63, 3.8) is 0 Å². The Balaban J connectivity index is 2.37. The molecule has 3 nitrogen and oxygen atoms in total. The first-order valence-electron chi connectivity index (χ1n) is 5.94. The fourth-order valence-corrected chi connectivity index (χ4v) is 2.39. The highest BCUT2D eigenvalue weighted by atomic mass is 19.1. The van der Waals surface area contributed by atoms with Gasteiger partial charge in [-0.3, -0.25) is 0 Å². The van der Waals surface area contributed by atoms with Crippen molar-refractivity contribution >= 4 is 5.69 Å². The highest BCUT2D eigenvalue weighted by Gasteiger charge is 2.24. The number of nitrogens with zero attached hydrogens (tertiary/aromatic N) is 2. The summed E-state index contributed by atoms with van der Waals surface area (Å²) in [6.07, 6.45) is 1.04. The summed E-state index contributed by atoms with van der Waals surface area (Å²) in [6.45, 7) is 4.70. The second kappa shape index (κ2) is 5.15. The third-order valence-electron chi connectivity index (χ3n) is 3.23. The van der Waals surface area contributed by atoms with E-state index in [0.29, 0.717) is 11.7 Å². The molecule has 1 unspecified atom stereocenters. The van der Waals surface area contributed by atoms with Gasteiger partial charge in [-0.25, -0.2) is 4.39 Å². The summed E-state index contributed by atoms with van der Waals surface area (Å²) in [5.41, 5.74) is 0.866. The molecule has 1 saturated heterocycles. The Morgan fingerprint density at radius 1 is 1.59 bits per heavy atom. The maximum Gasteiger partial charge on any atom is 0.143 e. The summed E-state index contributed by atoms with van der Waals surface area (Å²) < 4.78 is 13.6. The molecule has 0 aliphatic carbocycles. The van der Waals surface area contributed by atoms with Crippen molar-refractivity contribution in [2.24, 2.45) is 0 Å². The van der Waals surface area contributed by atoms with Crippen LogP contribution >= 0.6 is 0 Å². The number of hydrogen-bond donors (Lipinski definition) is 1. The zero-order valence-electron chi connectivity index (χ0n) is 9.91. The second-order valence-corrected chi connectivity index (χ2v) is 4.18. The van der Waals surface area contributed by atoms with Crippen LogP contribution in [0.2, 0.25) is 0 Å². The van der Waals surface area contributed by atoms with Crippen molar-refractivity contribution in [1.29, 1.82) is 5.26 Å². The number of halogens is 1. The molecule has 1 aromatic carbocycles.